The van der Waals surface area contributed by atoms with Crippen molar-refractivity contribution in [3.8, 4) is 5.75 Å². The molecule has 31 heavy (non-hydrogen) atoms. The zero-order valence-electron chi connectivity index (χ0n) is 15.8. The first-order valence-corrected chi connectivity index (χ1v) is 8.58. The quantitative estimate of drug-likeness (QED) is 0.259. The fourth-order valence-electron chi connectivity index (χ4n) is 2.39. The van der Waals surface area contributed by atoms with Crippen molar-refractivity contribution in [2.24, 2.45) is 0 Å². The van der Waals surface area contributed by atoms with Crippen LogP contribution in [0.15, 0.2) is 66.7 Å². The molecule has 3 aromatic carbocycles. The first kappa shape index (κ1) is 22.5. The number of rotatable bonds is 5. The summed E-state index contributed by atoms with van der Waals surface area (Å²) in [5.74, 6) is -1.21. The molecule has 0 heterocycles. The number of hydrogen-bond donors (Lipinski definition) is 2. The van der Waals surface area contributed by atoms with Crippen molar-refractivity contribution >= 4 is 34.9 Å². The molecular weight excluding hydrogens is 408 g/mol. The van der Waals surface area contributed by atoms with Crippen LogP contribution >= 0.6 is 0 Å². The number of phenolic OH excluding ortho intramolecular Hbond substituents is 1. The summed E-state index contributed by atoms with van der Waals surface area (Å²) in [6.07, 6.45) is 4.09. The van der Waals surface area contributed by atoms with E-state index >= 15 is 0 Å². The monoisotopic (exact) mass is 424 g/mol. The van der Waals surface area contributed by atoms with Gasteiger partial charge in [-0.05, 0) is 17.2 Å². The summed E-state index contributed by atoms with van der Waals surface area (Å²) < 4.78 is 0. The maximum Gasteiger partial charge on any atom is 0.324 e. The number of anilines is 1. The molecule has 11 heteroatoms. The largest absolute Gasteiger partial charge is 0.497 e. The summed E-state index contributed by atoms with van der Waals surface area (Å²) in [5, 5.41) is 40.2. The van der Waals surface area contributed by atoms with Gasteiger partial charge in [0.25, 0.3) is 11.4 Å². The van der Waals surface area contributed by atoms with Crippen LogP contribution < -0.4 is 5.73 Å². The van der Waals surface area contributed by atoms with Gasteiger partial charge >= 0.3 is 11.4 Å². The standard InChI is InChI=1S/C14H13N.C6H3N3O7/c15-14-9-5-4-8-13(14)11-10-12-6-2-1-3-7-12;10-6-4(8(13)14)1-3(7(11)12)2-5(6)9(15)16/h1-11H,15H2;1-2,10H/b11-10+;. The molecule has 0 aliphatic carbocycles. The molecule has 3 N–H and O–H groups in total. The van der Waals surface area contributed by atoms with Gasteiger partial charge in [0.1, 0.15) is 0 Å². The summed E-state index contributed by atoms with van der Waals surface area (Å²) in [5.41, 5.74) is 5.88. The van der Waals surface area contributed by atoms with Gasteiger partial charge in [-0.1, -0.05) is 60.7 Å². The van der Waals surface area contributed by atoms with E-state index in [1.54, 1.807) is 0 Å². The summed E-state index contributed by atoms with van der Waals surface area (Å²) in [6.45, 7) is 0. The van der Waals surface area contributed by atoms with Crippen LogP contribution in [0.2, 0.25) is 0 Å². The van der Waals surface area contributed by atoms with Gasteiger partial charge in [-0.25, -0.2) is 0 Å². The normalized spacial score (nSPS) is 10.2. The molecular formula is C20H16N4O7. The Labute approximate surface area is 175 Å². The van der Waals surface area contributed by atoms with Crippen LogP contribution in [0.3, 0.4) is 0 Å². The van der Waals surface area contributed by atoms with E-state index in [0.29, 0.717) is 12.1 Å². The topological polar surface area (TPSA) is 176 Å². The Morgan fingerprint density at radius 3 is 1.74 bits per heavy atom. The first-order chi connectivity index (χ1) is 14.7. The second kappa shape index (κ2) is 10.1. The summed E-state index contributed by atoms with van der Waals surface area (Å²) in [6, 6.07) is 18.9. The van der Waals surface area contributed by atoms with Gasteiger partial charge in [0.15, 0.2) is 0 Å². The van der Waals surface area contributed by atoms with E-state index in [1.165, 1.54) is 5.56 Å². The number of nitrogens with two attached hydrogens (primary N) is 1. The minimum Gasteiger partial charge on any atom is -0.497 e. The highest BCUT2D eigenvalue weighted by Gasteiger charge is 2.30. The van der Waals surface area contributed by atoms with Gasteiger partial charge < -0.3 is 10.8 Å². The molecule has 3 aromatic rings. The number of benzene rings is 3. The Balaban J connectivity index is 0.000000220. The molecule has 3 rings (SSSR count). The number of phenols is 1. The number of non-ortho nitro benzene ring substituents is 1. The molecule has 0 spiro atoms. The van der Waals surface area contributed by atoms with Crippen LogP contribution in [0.4, 0.5) is 22.7 Å². The molecule has 0 aliphatic rings. The lowest BCUT2D eigenvalue weighted by molar-refractivity contribution is -0.404. The number of aromatic hydroxyl groups is 1. The number of nitrogens with zero attached hydrogens (tertiary/aromatic N) is 3. The molecule has 0 amide bonds. The molecule has 0 saturated carbocycles. The molecule has 0 radical (unpaired) electrons. The van der Waals surface area contributed by atoms with Crippen molar-refractivity contribution in [2.75, 3.05) is 5.73 Å². The van der Waals surface area contributed by atoms with E-state index in [9.17, 15) is 30.3 Å². The number of hydrogen-bond acceptors (Lipinski definition) is 8. The zero-order valence-corrected chi connectivity index (χ0v) is 15.8. The maximum absolute atomic E-state index is 10.4. The third-order valence-electron chi connectivity index (χ3n) is 3.91. The molecule has 158 valence electrons. The Hall–Kier alpha value is -4.80. The average molecular weight is 424 g/mol. The molecule has 0 unspecified atom stereocenters. The second-order valence-electron chi connectivity index (χ2n) is 5.98. The van der Waals surface area contributed by atoms with Crippen molar-refractivity contribution < 1.29 is 19.9 Å². The van der Waals surface area contributed by atoms with Crippen LogP contribution in [0, 0.1) is 30.3 Å². The number of nitro groups is 3. The van der Waals surface area contributed by atoms with Crippen LogP contribution in [0.1, 0.15) is 11.1 Å². The zero-order chi connectivity index (χ0) is 23.0. The smallest absolute Gasteiger partial charge is 0.324 e. The molecule has 0 atom stereocenters. The Morgan fingerprint density at radius 2 is 1.26 bits per heavy atom. The lowest BCUT2D eigenvalue weighted by Gasteiger charge is -1.98. The van der Waals surface area contributed by atoms with Gasteiger partial charge in [-0.3, -0.25) is 30.3 Å². The number of nitro benzene ring substituents is 3. The third kappa shape index (κ3) is 6.09. The van der Waals surface area contributed by atoms with E-state index in [4.69, 9.17) is 10.8 Å². The molecule has 0 fully saturated rings. The Bertz CT molecular complexity index is 1110. The summed E-state index contributed by atoms with van der Waals surface area (Å²) in [7, 11) is 0. The van der Waals surface area contributed by atoms with Gasteiger partial charge in [-0.2, -0.15) is 0 Å². The highest BCUT2D eigenvalue weighted by molar-refractivity contribution is 5.75. The Kier molecular flexibility index (Phi) is 7.34. The predicted molar refractivity (Wildman–Crippen MR) is 114 cm³/mol. The summed E-state index contributed by atoms with van der Waals surface area (Å²) in [4.78, 5) is 27.8. The van der Waals surface area contributed by atoms with E-state index in [2.05, 4.69) is 18.2 Å². The molecule has 0 bridgehead atoms. The lowest BCUT2D eigenvalue weighted by Crippen LogP contribution is -1.97. The van der Waals surface area contributed by atoms with E-state index in [-0.39, 0.29) is 0 Å². The van der Waals surface area contributed by atoms with Crippen molar-refractivity contribution in [3.63, 3.8) is 0 Å². The van der Waals surface area contributed by atoms with Crippen molar-refractivity contribution in [3.05, 3.63) is 108 Å². The Morgan fingerprint density at radius 1 is 0.742 bits per heavy atom. The van der Waals surface area contributed by atoms with Crippen molar-refractivity contribution in [1.82, 2.24) is 0 Å². The molecule has 11 nitrogen and oxygen atoms in total. The second-order valence-corrected chi connectivity index (χ2v) is 5.98. The first-order valence-electron chi connectivity index (χ1n) is 8.58. The average Bonchev–Trinajstić information content (AvgIpc) is 2.74. The van der Waals surface area contributed by atoms with E-state index in [0.717, 1.165) is 11.3 Å². The fraction of sp³-hybridized carbons (Fsp3) is 0. The van der Waals surface area contributed by atoms with Crippen LogP contribution in [-0.2, 0) is 0 Å². The van der Waals surface area contributed by atoms with E-state index < -0.39 is 37.6 Å². The number of nitrogen functional groups attached to an aromatic ring is 1. The lowest BCUT2D eigenvalue weighted by atomic mass is 10.1. The van der Waals surface area contributed by atoms with Gasteiger partial charge in [0.2, 0.25) is 0 Å². The van der Waals surface area contributed by atoms with Gasteiger partial charge in [0.05, 0.1) is 26.9 Å². The number of para-hydroxylation sites is 1. The fourth-order valence-corrected chi connectivity index (χ4v) is 2.39. The van der Waals surface area contributed by atoms with Crippen LogP contribution in [0.5, 0.6) is 5.75 Å². The van der Waals surface area contributed by atoms with Gasteiger partial charge in [0, 0.05) is 5.69 Å². The summed E-state index contributed by atoms with van der Waals surface area (Å²) >= 11 is 0. The minimum absolute atomic E-state index is 0.447. The molecule has 0 aromatic heterocycles. The van der Waals surface area contributed by atoms with Crippen molar-refractivity contribution in [1.29, 1.82) is 0 Å². The highest BCUT2D eigenvalue weighted by atomic mass is 16.6. The molecule has 0 saturated heterocycles. The van der Waals surface area contributed by atoms with Crippen molar-refractivity contribution in [2.45, 2.75) is 0 Å². The van der Waals surface area contributed by atoms with Crippen LogP contribution in [-0.4, -0.2) is 19.9 Å². The van der Waals surface area contributed by atoms with Crippen LogP contribution in [0.25, 0.3) is 12.2 Å². The highest BCUT2D eigenvalue weighted by Crippen LogP contribution is 2.38. The predicted octanol–water partition coefficient (Wildman–Crippen LogP) is 4.56. The van der Waals surface area contributed by atoms with E-state index in [1.807, 2.05) is 48.5 Å². The maximum atomic E-state index is 10.4. The SMILES string of the molecule is Nc1ccccc1/C=C/c1ccccc1.O=[N+]([O-])c1cc([N+](=O)[O-])c(O)c([N+](=O)[O-])c1. The third-order valence-corrected chi connectivity index (χ3v) is 3.91. The minimum atomic E-state index is -1.21. The van der Waals surface area contributed by atoms with Gasteiger partial charge in [-0.15, -0.1) is 0 Å². The molecule has 0 aliphatic heterocycles.